The molecule has 0 spiro atoms. The SMILES string of the molecule is O=C(c1ccc2c(c1)N(Cc1ccc(F)cc1)C(=O)C(=Cc1ccccc1)S2)N1CCN(Cc2ccccc2)CC1. The van der Waals surface area contributed by atoms with Crippen molar-refractivity contribution in [3.05, 3.63) is 136 Å². The Hall–Kier alpha value is -4.20. The van der Waals surface area contributed by atoms with Gasteiger partial charge in [0.05, 0.1) is 17.1 Å². The van der Waals surface area contributed by atoms with Crippen molar-refractivity contribution < 1.29 is 14.0 Å². The van der Waals surface area contributed by atoms with Gasteiger partial charge >= 0.3 is 0 Å². The molecule has 206 valence electrons. The molecule has 0 radical (unpaired) electrons. The number of halogens is 1. The zero-order valence-electron chi connectivity index (χ0n) is 22.6. The number of hydrogen-bond donors (Lipinski definition) is 0. The zero-order chi connectivity index (χ0) is 28.2. The summed E-state index contributed by atoms with van der Waals surface area (Å²) >= 11 is 1.41. The van der Waals surface area contributed by atoms with E-state index in [1.807, 2.05) is 77.7 Å². The molecule has 2 aliphatic heterocycles. The van der Waals surface area contributed by atoms with E-state index in [4.69, 9.17) is 0 Å². The Balaban J connectivity index is 1.24. The highest BCUT2D eigenvalue weighted by molar-refractivity contribution is 8.04. The van der Waals surface area contributed by atoms with E-state index in [0.717, 1.165) is 35.7 Å². The Kier molecular flexibility index (Phi) is 7.98. The van der Waals surface area contributed by atoms with E-state index in [-0.39, 0.29) is 24.2 Å². The molecule has 4 aromatic rings. The first-order chi connectivity index (χ1) is 20.0. The Bertz CT molecular complexity index is 1570. The van der Waals surface area contributed by atoms with Crippen LogP contribution in [0.25, 0.3) is 6.08 Å². The monoisotopic (exact) mass is 563 g/mol. The van der Waals surface area contributed by atoms with Crippen molar-refractivity contribution in [3.63, 3.8) is 0 Å². The van der Waals surface area contributed by atoms with Gasteiger partial charge in [-0.1, -0.05) is 84.6 Å². The van der Waals surface area contributed by atoms with Crippen LogP contribution in [0.5, 0.6) is 0 Å². The molecular weight excluding hydrogens is 533 g/mol. The Morgan fingerprint density at radius 3 is 2.15 bits per heavy atom. The number of nitrogens with zero attached hydrogens (tertiary/aromatic N) is 3. The Morgan fingerprint density at radius 2 is 1.44 bits per heavy atom. The lowest BCUT2D eigenvalue weighted by Gasteiger charge is -2.35. The quantitative estimate of drug-likeness (QED) is 0.253. The average Bonchev–Trinajstić information content (AvgIpc) is 3.01. The maximum Gasteiger partial charge on any atom is 0.265 e. The number of carbonyl (C=O) groups is 2. The van der Waals surface area contributed by atoms with E-state index in [1.54, 1.807) is 17.0 Å². The number of anilines is 1. The molecule has 41 heavy (non-hydrogen) atoms. The van der Waals surface area contributed by atoms with Gasteiger partial charge in [-0.3, -0.25) is 14.5 Å². The fourth-order valence-corrected chi connectivity index (χ4v) is 6.25. The molecule has 1 saturated heterocycles. The second-order valence-corrected chi connectivity index (χ2v) is 11.4. The lowest BCUT2D eigenvalue weighted by molar-refractivity contribution is -0.114. The van der Waals surface area contributed by atoms with Crippen LogP contribution in [0, 0.1) is 5.82 Å². The highest BCUT2D eigenvalue weighted by Crippen LogP contribution is 2.43. The molecule has 6 rings (SSSR count). The molecule has 0 saturated carbocycles. The average molecular weight is 564 g/mol. The number of carbonyl (C=O) groups excluding carboxylic acids is 2. The third-order valence-corrected chi connectivity index (χ3v) is 8.51. The van der Waals surface area contributed by atoms with Crippen molar-refractivity contribution >= 4 is 35.3 Å². The zero-order valence-corrected chi connectivity index (χ0v) is 23.4. The minimum absolute atomic E-state index is 0.0306. The topological polar surface area (TPSA) is 43.9 Å². The van der Waals surface area contributed by atoms with Crippen LogP contribution in [-0.2, 0) is 17.9 Å². The predicted octanol–water partition coefficient (Wildman–Crippen LogP) is 6.46. The Morgan fingerprint density at radius 1 is 0.780 bits per heavy atom. The van der Waals surface area contributed by atoms with Crippen LogP contribution in [0.15, 0.2) is 113 Å². The number of thioether (sulfide) groups is 1. The molecule has 0 aromatic heterocycles. The highest BCUT2D eigenvalue weighted by atomic mass is 32.2. The molecular formula is C34H30FN3O2S. The molecule has 4 aromatic carbocycles. The second kappa shape index (κ2) is 12.1. The largest absolute Gasteiger partial charge is 0.336 e. The number of amides is 2. The summed E-state index contributed by atoms with van der Waals surface area (Å²) in [5.74, 6) is -0.497. The first kappa shape index (κ1) is 27.0. The van der Waals surface area contributed by atoms with Crippen LogP contribution < -0.4 is 4.90 Å². The highest BCUT2D eigenvalue weighted by Gasteiger charge is 2.31. The summed E-state index contributed by atoms with van der Waals surface area (Å²) in [7, 11) is 0. The third kappa shape index (κ3) is 6.26. The van der Waals surface area contributed by atoms with Crippen LogP contribution in [0.2, 0.25) is 0 Å². The summed E-state index contributed by atoms with van der Waals surface area (Å²) in [5, 5.41) is 0. The fourth-order valence-electron chi connectivity index (χ4n) is 5.21. The molecule has 7 heteroatoms. The molecule has 2 heterocycles. The smallest absolute Gasteiger partial charge is 0.265 e. The van der Waals surface area contributed by atoms with Crippen molar-refractivity contribution in [2.75, 3.05) is 31.1 Å². The summed E-state index contributed by atoms with van der Waals surface area (Å²) in [5.41, 5.74) is 4.28. The molecule has 0 N–H and O–H groups in total. The van der Waals surface area contributed by atoms with Gasteiger partial charge in [-0.2, -0.15) is 0 Å². The Labute approximate surface area is 243 Å². The minimum atomic E-state index is -0.323. The number of hydrogen-bond acceptors (Lipinski definition) is 4. The standard InChI is InChI=1S/C34H30FN3O2S/c35-29-14-11-27(12-15-29)24-38-30-22-28(13-16-31(30)41-32(34(38)40)21-25-7-3-1-4-8-25)33(39)37-19-17-36(18-20-37)23-26-9-5-2-6-10-26/h1-16,21-22H,17-20,23-24H2. The van der Waals surface area contributed by atoms with Gasteiger partial charge in [0.15, 0.2) is 0 Å². The number of benzene rings is 4. The summed E-state index contributed by atoms with van der Waals surface area (Å²) in [6.07, 6.45) is 1.89. The number of fused-ring (bicyclic) bond motifs is 1. The van der Waals surface area contributed by atoms with E-state index in [0.29, 0.717) is 29.2 Å². The molecule has 0 unspecified atom stereocenters. The molecule has 1 fully saturated rings. The minimum Gasteiger partial charge on any atom is -0.336 e. The van der Waals surface area contributed by atoms with Crippen molar-refractivity contribution in [2.45, 2.75) is 18.0 Å². The molecule has 2 aliphatic rings. The molecule has 0 atom stereocenters. The van der Waals surface area contributed by atoms with Crippen molar-refractivity contribution in [1.82, 2.24) is 9.80 Å². The molecule has 0 bridgehead atoms. The number of rotatable bonds is 6. The number of piperazine rings is 1. The van der Waals surface area contributed by atoms with Gasteiger partial charge in [-0.05, 0) is 53.1 Å². The van der Waals surface area contributed by atoms with Gasteiger partial charge < -0.3 is 9.80 Å². The van der Waals surface area contributed by atoms with Gasteiger partial charge in [-0.25, -0.2) is 4.39 Å². The maximum atomic E-state index is 13.8. The van der Waals surface area contributed by atoms with E-state index in [1.165, 1.54) is 29.5 Å². The summed E-state index contributed by atoms with van der Waals surface area (Å²) in [6.45, 7) is 4.07. The van der Waals surface area contributed by atoms with Crippen LogP contribution in [0.3, 0.4) is 0 Å². The summed E-state index contributed by atoms with van der Waals surface area (Å²) < 4.78 is 13.6. The summed E-state index contributed by atoms with van der Waals surface area (Å²) in [4.78, 5) is 34.8. The predicted molar refractivity (Wildman–Crippen MR) is 162 cm³/mol. The van der Waals surface area contributed by atoms with Gasteiger partial charge in [-0.15, -0.1) is 0 Å². The third-order valence-electron chi connectivity index (χ3n) is 7.43. The van der Waals surface area contributed by atoms with Crippen LogP contribution in [0.1, 0.15) is 27.0 Å². The maximum absolute atomic E-state index is 13.8. The van der Waals surface area contributed by atoms with E-state index < -0.39 is 0 Å². The molecule has 5 nitrogen and oxygen atoms in total. The van der Waals surface area contributed by atoms with Gasteiger partial charge in [0.25, 0.3) is 11.8 Å². The van der Waals surface area contributed by atoms with Gasteiger partial charge in [0, 0.05) is 43.2 Å². The van der Waals surface area contributed by atoms with Crippen molar-refractivity contribution in [1.29, 1.82) is 0 Å². The molecule has 2 amide bonds. The van der Waals surface area contributed by atoms with Crippen LogP contribution in [-0.4, -0.2) is 47.8 Å². The first-order valence-electron chi connectivity index (χ1n) is 13.7. The van der Waals surface area contributed by atoms with E-state index >= 15 is 0 Å². The van der Waals surface area contributed by atoms with Crippen LogP contribution >= 0.6 is 11.8 Å². The van der Waals surface area contributed by atoms with Gasteiger partial charge in [0.2, 0.25) is 0 Å². The van der Waals surface area contributed by atoms with Crippen molar-refractivity contribution in [3.8, 4) is 0 Å². The van der Waals surface area contributed by atoms with Crippen LogP contribution in [0.4, 0.5) is 10.1 Å². The van der Waals surface area contributed by atoms with E-state index in [2.05, 4.69) is 17.0 Å². The fraction of sp³-hybridized carbons (Fsp3) is 0.176. The molecule has 0 aliphatic carbocycles. The normalized spacial score (nSPS) is 16.6. The second-order valence-electron chi connectivity index (χ2n) is 10.3. The van der Waals surface area contributed by atoms with Crippen molar-refractivity contribution in [2.24, 2.45) is 0 Å². The summed E-state index contributed by atoms with van der Waals surface area (Å²) in [6, 6.07) is 31.9. The lowest BCUT2D eigenvalue weighted by Crippen LogP contribution is -2.48. The first-order valence-corrected chi connectivity index (χ1v) is 14.6. The van der Waals surface area contributed by atoms with E-state index in [9.17, 15) is 14.0 Å². The van der Waals surface area contributed by atoms with Gasteiger partial charge in [0.1, 0.15) is 5.82 Å². The lowest BCUT2D eigenvalue weighted by atomic mass is 10.1.